The molecule has 3 N–H and O–H groups in total. The highest BCUT2D eigenvalue weighted by Gasteiger charge is 2.19. The van der Waals surface area contributed by atoms with Gasteiger partial charge in [0.15, 0.2) is 0 Å². The number of hydrogen-bond donors (Lipinski definition) is 2. The van der Waals surface area contributed by atoms with Crippen LogP contribution >= 0.6 is 0 Å². The molecule has 3 aromatic heterocycles. The van der Waals surface area contributed by atoms with Crippen LogP contribution in [-0.2, 0) is 0 Å². The summed E-state index contributed by atoms with van der Waals surface area (Å²) in [7, 11) is 1.55. The van der Waals surface area contributed by atoms with Crippen molar-refractivity contribution in [2.45, 2.75) is 13.0 Å². The molecule has 0 bridgehead atoms. The lowest BCUT2D eigenvalue weighted by Crippen LogP contribution is -2.18. The van der Waals surface area contributed by atoms with Crippen molar-refractivity contribution in [2.75, 3.05) is 12.4 Å². The standard InChI is InChI=1S/C22H20FN5O2/c1-13(16-5-3-4-6-18(16)23)27-21-17(22(24)29)11-26-28-12-15(9-19(21)28)14-7-8-20(30-2)25-10-14/h3-13,27H,1-2H3,(H2,24,29)/t13-/m1/s1. The summed E-state index contributed by atoms with van der Waals surface area (Å²) >= 11 is 0. The van der Waals surface area contributed by atoms with Crippen LogP contribution in [0.1, 0.15) is 28.9 Å². The molecule has 0 spiro atoms. The van der Waals surface area contributed by atoms with Crippen molar-refractivity contribution in [3.05, 3.63) is 78.0 Å². The van der Waals surface area contributed by atoms with E-state index in [-0.39, 0.29) is 11.4 Å². The van der Waals surface area contributed by atoms with Crippen LogP contribution in [0.25, 0.3) is 16.6 Å². The van der Waals surface area contributed by atoms with E-state index in [4.69, 9.17) is 10.5 Å². The van der Waals surface area contributed by atoms with E-state index in [1.807, 2.05) is 25.3 Å². The number of nitrogens with two attached hydrogens (primary N) is 1. The second-order valence-electron chi connectivity index (χ2n) is 6.83. The van der Waals surface area contributed by atoms with Gasteiger partial charge >= 0.3 is 0 Å². The van der Waals surface area contributed by atoms with Crippen LogP contribution < -0.4 is 15.8 Å². The van der Waals surface area contributed by atoms with Gasteiger partial charge < -0.3 is 15.8 Å². The van der Waals surface area contributed by atoms with Crippen molar-refractivity contribution in [1.82, 2.24) is 14.6 Å². The number of carbonyl (C=O) groups is 1. The maximum absolute atomic E-state index is 14.2. The van der Waals surface area contributed by atoms with Gasteiger partial charge in [-0.05, 0) is 25.1 Å². The molecule has 1 atom stereocenters. The Bertz CT molecular complexity index is 1220. The van der Waals surface area contributed by atoms with Crippen molar-refractivity contribution in [3.8, 4) is 17.0 Å². The zero-order chi connectivity index (χ0) is 21.3. The maximum Gasteiger partial charge on any atom is 0.252 e. The molecule has 0 fully saturated rings. The molecule has 0 aliphatic heterocycles. The van der Waals surface area contributed by atoms with Crippen molar-refractivity contribution in [3.63, 3.8) is 0 Å². The largest absolute Gasteiger partial charge is 0.481 e. The summed E-state index contributed by atoms with van der Waals surface area (Å²) in [6.45, 7) is 1.82. The lowest BCUT2D eigenvalue weighted by atomic mass is 10.1. The number of rotatable bonds is 6. The molecule has 0 radical (unpaired) electrons. The highest BCUT2D eigenvalue weighted by atomic mass is 19.1. The number of benzene rings is 1. The Balaban J connectivity index is 1.79. The van der Waals surface area contributed by atoms with Crippen LogP contribution in [0.4, 0.5) is 10.1 Å². The number of fused-ring (bicyclic) bond motifs is 1. The summed E-state index contributed by atoms with van der Waals surface area (Å²) in [4.78, 5) is 16.3. The van der Waals surface area contributed by atoms with E-state index >= 15 is 0 Å². The summed E-state index contributed by atoms with van der Waals surface area (Å²) in [5.74, 6) is -0.441. The third-order valence-corrected chi connectivity index (χ3v) is 4.91. The fraction of sp³-hybridized carbons (Fsp3) is 0.136. The number of nitrogens with one attached hydrogen (secondary N) is 1. The summed E-state index contributed by atoms with van der Waals surface area (Å²) in [6.07, 6.45) is 4.92. The Hall–Kier alpha value is -3.94. The Morgan fingerprint density at radius 1 is 1.20 bits per heavy atom. The number of primary amides is 1. The first-order valence-electron chi connectivity index (χ1n) is 9.30. The summed E-state index contributed by atoms with van der Waals surface area (Å²) < 4.78 is 21.0. The maximum atomic E-state index is 14.2. The van der Waals surface area contributed by atoms with Crippen molar-refractivity contribution < 1.29 is 13.9 Å². The molecule has 1 aromatic carbocycles. The average Bonchev–Trinajstić information content (AvgIpc) is 3.19. The van der Waals surface area contributed by atoms with Gasteiger partial charge in [0.25, 0.3) is 5.91 Å². The van der Waals surface area contributed by atoms with Gasteiger partial charge in [-0.15, -0.1) is 0 Å². The molecule has 0 unspecified atom stereocenters. The topological polar surface area (TPSA) is 94.5 Å². The summed E-state index contributed by atoms with van der Waals surface area (Å²) in [5.41, 5.74) is 9.11. The van der Waals surface area contributed by atoms with E-state index < -0.39 is 11.9 Å². The van der Waals surface area contributed by atoms with E-state index in [1.54, 1.807) is 42.1 Å². The van der Waals surface area contributed by atoms with Crippen LogP contribution in [0, 0.1) is 5.82 Å². The smallest absolute Gasteiger partial charge is 0.252 e. The number of carbonyl (C=O) groups excluding carboxylic acids is 1. The predicted octanol–water partition coefficient (Wildman–Crippen LogP) is 3.82. The monoisotopic (exact) mass is 405 g/mol. The van der Waals surface area contributed by atoms with Gasteiger partial charge in [0, 0.05) is 35.2 Å². The molecule has 0 aliphatic carbocycles. The van der Waals surface area contributed by atoms with Crippen molar-refractivity contribution in [2.24, 2.45) is 5.73 Å². The van der Waals surface area contributed by atoms with Crippen LogP contribution in [0.5, 0.6) is 5.88 Å². The zero-order valence-electron chi connectivity index (χ0n) is 16.5. The molecule has 4 rings (SSSR count). The van der Waals surface area contributed by atoms with E-state index in [2.05, 4.69) is 15.4 Å². The van der Waals surface area contributed by atoms with E-state index in [1.165, 1.54) is 12.3 Å². The number of pyridine rings is 1. The van der Waals surface area contributed by atoms with Gasteiger partial charge in [-0.1, -0.05) is 18.2 Å². The van der Waals surface area contributed by atoms with Gasteiger partial charge in [-0.3, -0.25) is 4.79 Å². The highest BCUT2D eigenvalue weighted by molar-refractivity contribution is 6.02. The third-order valence-electron chi connectivity index (χ3n) is 4.91. The normalized spacial score (nSPS) is 12.0. The number of nitrogens with zero attached hydrogens (tertiary/aromatic N) is 3. The van der Waals surface area contributed by atoms with Gasteiger partial charge in [-0.25, -0.2) is 13.9 Å². The Labute approximate surface area is 172 Å². The lowest BCUT2D eigenvalue weighted by Gasteiger charge is -2.19. The molecule has 4 aromatic rings. The molecule has 8 heteroatoms. The van der Waals surface area contributed by atoms with E-state index in [0.29, 0.717) is 22.6 Å². The molecule has 30 heavy (non-hydrogen) atoms. The van der Waals surface area contributed by atoms with Gasteiger partial charge in [0.05, 0.1) is 36.1 Å². The van der Waals surface area contributed by atoms with Crippen LogP contribution in [0.3, 0.4) is 0 Å². The minimum Gasteiger partial charge on any atom is -0.481 e. The minimum absolute atomic E-state index is 0.225. The Kier molecular flexibility index (Phi) is 5.05. The molecule has 0 aliphatic rings. The van der Waals surface area contributed by atoms with Crippen molar-refractivity contribution >= 4 is 17.1 Å². The molecule has 0 saturated heterocycles. The van der Waals surface area contributed by atoms with Crippen LogP contribution in [0.15, 0.2) is 61.1 Å². The third kappa shape index (κ3) is 3.55. The first-order chi connectivity index (χ1) is 14.5. The number of aromatic nitrogens is 3. The Morgan fingerprint density at radius 3 is 2.67 bits per heavy atom. The fourth-order valence-electron chi connectivity index (χ4n) is 3.35. The Morgan fingerprint density at radius 2 is 2.00 bits per heavy atom. The molecule has 152 valence electrons. The number of halogens is 1. The predicted molar refractivity (Wildman–Crippen MR) is 112 cm³/mol. The van der Waals surface area contributed by atoms with Crippen LogP contribution in [0.2, 0.25) is 0 Å². The molecular weight excluding hydrogens is 385 g/mol. The first kappa shape index (κ1) is 19.4. The van der Waals surface area contributed by atoms with Gasteiger partial charge in [0.1, 0.15) is 5.82 Å². The van der Waals surface area contributed by atoms with Crippen LogP contribution in [-0.4, -0.2) is 27.6 Å². The zero-order valence-corrected chi connectivity index (χ0v) is 16.5. The summed E-state index contributed by atoms with van der Waals surface area (Å²) in [6, 6.07) is 11.6. The number of anilines is 1. The second kappa shape index (κ2) is 7.82. The molecule has 1 amide bonds. The molecule has 7 nitrogen and oxygen atoms in total. The SMILES string of the molecule is COc1ccc(-c2cc3c(N[C@H](C)c4ccccc4F)c(C(N)=O)cnn3c2)cn1. The van der Waals surface area contributed by atoms with Crippen molar-refractivity contribution in [1.29, 1.82) is 0 Å². The van der Waals surface area contributed by atoms with Gasteiger partial charge in [-0.2, -0.15) is 5.10 Å². The first-order valence-corrected chi connectivity index (χ1v) is 9.30. The number of methoxy groups -OCH3 is 1. The molecule has 3 heterocycles. The minimum atomic E-state index is -0.623. The number of ether oxygens (including phenoxy) is 1. The summed E-state index contributed by atoms with van der Waals surface area (Å²) in [5, 5.41) is 7.53. The van der Waals surface area contributed by atoms with E-state index in [0.717, 1.165) is 11.1 Å². The fourth-order valence-corrected chi connectivity index (χ4v) is 3.35. The average molecular weight is 405 g/mol. The number of hydrogen-bond acceptors (Lipinski definition) is 5. The highest BCUT2D eigenvalue weighted by Crippen LogP contribution is 2.31. The van der Waals surface area contributed by atoms with Gasteiger partial charge in [0.2, 0.25) is 5.88 Å². The quantitative estimate of drug-likeness (QED) is 0.509. The molecular formula is C22H20FN5O2. The second-order valence-corrected chi connectivity index (χ2v) is 6.83. The lowest BCUT2D eigenvalue weighted by molar-refractivity contribution is 0.100. The number of amides is 1. The molecule has 0 saturated carbocycles. The van der Waals surface area contributed by atoms with E-state index in [9.17, 15) is 9.18 Å².